The third-order valence-electron chi connectivity index (χ3n) is 2.18. The molecule has 70 valence electrons. The molecule has 0 spiro atoms. The third-order valence-corrected chi connectivity index (χ3v) is 2.77. The molecule has 1 aromatic carbocycles. The maximum atomic E-state index is 10.7. The normalized spacial score (nSPS) is 19.9. The molecule has 0 bridgehead atoms. The summed E-state index contributed by atoms with van der Waals surface area (Å²) in [6, 6.07) is 7.10. The number of aliphatic hydroxyl groups is 2. The summed E-state index contributed by atoms with van der Waals surface area (Å²) in [5.41, 5.74) is 0. The first kappa shape index (κ1) is 9.38. The van der Waals surface area contributed by atoms with Crippen LogP contribution in [0.3, 0.4) is 0 Å². The van der Waals surface area contributed by atoms with Crippen molar-refractivity contribution in [2.75, 3.05) is 0 Å². The van der Waals surface area contributed by atoms with Crippen LogP contribution < -0.4 is 10.4 Å². The summed E-state index contributed by atoms with van der Waals surface area (Å²) in [6.45, 7) is 0. The molecule has 1 aromatic rings. The van der Waals surface area contributed by atoms with Gasteiger partial charge in [0.1, 0.15) is 0 Å². The van der Waals surface area contributed by atoms with E-state index in [0.29, 0.717) is 5.22 Å². The van der Waals surface area contributed by atoms with Gasteiger partial charge in [-0.1, -0.05) is 0 Å². The van der Waals surface area contributed by atoms with Crippen molar-refractivity contribution in [3.63, 3.8) is 0 Å². The van der Waals surface area contributed by atoms with Gasteiger partial charge in [-0.05, 0) is 0 Å². The predicted octanol–water partition coefficient (Wildman–Crippen LogP) is -0.0281. The Kier molecular flexibility index (Phi) is 2.36. The molecule has 0 amide bonds. The van der Waals surface area contributed by atoms with Crippen LogP contribution in [0.15, 0.2) is 24.3 Å². The molecule has 0 radical (unpaired) electrons. The van der Waals surface area contributed by atoms with E-state index in [1.54, 1.807) is 24.3 Å². The predicted molar refractivity (Wildman–Crippen MR) is 54.8 cm³/mol. The van der Waals surface area contributed by atoms with E-state index in [1.807, 2.05) is 6.07 Å². The molecule has 0 saturated heterocycles. The van der Waals surface area contributed by atoms with E-state index in [1.165, 1.54) is 0 Å². The summed E-state index contributed by atoms with van der Waals surface area (Å²) in [4.78, 5) is 0. The summed E-state index contributed by atoms with van der Waals surface area (Å²) < 4.78 is 10.7. The van der Waals surface area contributed by atoms with E-state index < -0.39 is 6.10 Å². The van der Waals surface area contributed by atoms with Crippen molar-refractivity contribution in [2.45, 2.75) is 6.10 Å². The van der Waals surface area contributed by atoms with E-state index in [0.717, 1.165) is 5.22 Å². The Morgan fingerprint density at radius 3 is 2.71 bits per heavy atom. The first-order valence-electron chi connectivity index (χ1n) is 4.12. The Bertz CT molecular complexity index is 541. The fourth-order valence-corrected chi connectivity index (χ4v) is 1.87. The number of hydrogen-bond donors (Lipinski definition) is 2. The standard InChI is InChI=1S/C10H7O3P/c11-9-7-4-2-1-3-6(7)5-8(14-13)10(9)12/h1-5,10,12H/p+1. The molecule has 0 saturated carbocycles. The Morgan fingerprint density at radius 1 is 1.29 bits per heavy atom. The van der Waals surface area contributed by atoms with Gasteiger partial charge in [0.2, 0.25) is 0 Å². The average molecular weight is 207 g/mol. The minimum absolute atomic E-state index is 0.138. The topological polar surface area (TPSA) is 57.5 Å². The molecule has 2 N–H and O–H groups in total. The molecule has 3 nitrogen and oxygen atoms in total. The van der Waals surface area contributed by atoms with Crippen molar-refractivity contribution in [3.05, 3.63) is 34.7 Å². The van der Waals surface area contributed by atoms with Crippen molar-refractivity contribution in [1.29, 1.82) is 0 Å². The second-order valence-corrected chi connectivity index (χ2v) is 3.73. The van der Waals surface area contributed by atoms with E-state index in [9.17, 15) is 14.8 Å². The van der Waals surface area contributed by atoms with Gasteiger partial charge in [-0.25, -0.2) is 0 Å². The van der Waals surface area contributed by atoms with E-state index in [4.69, 9.17) is 0 Å². The fraction of sp³-hybridized carbons (Fsp3) is 0.100. The fourth-order valence-electron chi connectivity index (χ4n) is 1.46. The Labute approximate surface area is 81.5 Å². The van der Waals surface area contributed by atoms with Gasteiger partial charge < -0.3 is 0 Å². The number of benzene rings is 1. The first-order valence-corrected chi connectivity index (χ1v) is 4.93. The molecular weight excluding hydrogens is 199 g/mol. The van der Waals surface area contributed by atoms with Crippen molar-refractivity contribution in [3.8, 4) is 0 Å². The van der Waals surface area contributed by atoms with Crippen LogP contribution in [-0.2, 0) is 4.57 Å². The van der Waals surface area contributed by atoms with Gasteiger partial charge in [0.25, 0.3) is 0 Å². The Balaban J connectivity index is 2.90. The number of hydrogen-bond acceptors (Lipinski definition) is 3. The molecule has 1 unspecified atom stereocenters. The molecule has 14 heavy (non-hydrogen) atoms. The monoisotopic (exact) mass is 207 g/mol. The molecule has 0 aromatic heterocycles. The second-order valence-electron chi connectivity index (χ2n) is 3.04. The van der Waals surface area contributed by atoms with E-state index in [-0.39, 0.29) is 19.1 Å². The Morgan fingerprint density at radius 2 is 2.00 bits per heavy atom. The number of rotatable bonds is 0. The summed E-state index contributed by atoms with van der Waals surface area (Å²) >= 11 is 0. The van der Waals surface area contributed by atoms with Crippen LogP contribution in [0.5, 0.6) is 0 Å². The summed E-state index contributed by atoms with van der Waals surface area (Å²) in [6.07, 6.45) is 0.470. The summed E-state index contributed by atoms with van der Waals surface area (Å²) in [5.74, 6) is -0.138. The van der Waals surface area contributed by atoms with Gasteiger partial charge in [-0.3, -0.25) is 0 Å². The van der Waals surface area contributed by atoms with Crippen molar-refractivity contribution in [1.82, 2.24) is 0 Å². The molecule has 1 atom stereocenters. The van der Waals surface area contributed by atoms with Crippen LogP contribution in [0.2, 0.25) is 0 Å². The van der Waals surface area contributed by atoms with Gasteiger partial charge in [-0.15, -0.1) is 0 Å². The molecular formula is C10H8O3P+. The third kappa shape index (κ3) is 1.35. The molecule has 0 fully saturated rings. The zero-order valence-electron chi connectivity index (χ0n) is 7.21. The van der Waals surface area contributed by atoms with Crippen LogP contribution >= 0.6 is 8.08 Å². The molecule has 0 heterocycles. The second kappa shape index (κ2) is 3.52. The summed E-state index contributed by atoms with van der Waals surface area (Å²) in [7, 11) is -0.266. The zero-order chi connectivity index (χ0) is 10.1. The molecule has 2 rings (SSSR count). The van der Waals surface area contributed by atoms with Gasteiger partial charge in [0.05, 0.1) is 0 Å². The first-order chi connectivity index (χ1) is 6.74. The SMILES string of the molecule is O=[P+]=C1C=c2ccccc2=C(O)C1O. The van der Waals surface area contributed by atoms with Crippen molar-refractivity contribution in [2.24, 2.45) is 0 Å². The van der Waals surface area contributed by atoms with Crippen LogP contribution in [0.25, 0.3) is 11.8 Å². The molecule has 1 aliphatic rings. The Hall–Kier alpha value is -1.18. The zero-order valence-corrected chi connectivity index (χ0v) is 8.11. The van der Waals surface area contributed by atoms with Crippen LogP contribution in [-0.4, -0.2) is 21.6 Å². The van der Waals surface area contributed by atoms with Crippen LogP contribution in [0, 0.1) is 0 Å². The molecule has 0 aliphatic heterocycles. The quantitative estimate of drug-likeness (QED) is 0.587. The summed E-state index contributed by atoms with van der Waals surface area (Å²) in [5, 5.41) is 20.8. The van der Waals surface area contributed by atoms with E-state index in [2.05, 4.69) is 0 Å². The minimum atomic E-state index is -1.15. The van der Waals surface area contributed by atoms with Crippen LogP contribution in [0.1, 0.15) is 0 Å². The van der Waals surface area contributed by atoms with E-state index >= 15 is 0 Å². The maximum absolute atomic E-state index is 10.7. The van der Waals surface area contributed by atoms with Crippen molar-refractivity contribution >= 4 is 25.2 Å². The van der Waals surface area contributed by atoms with Gasteiger partial charge >= 0.3 is 80.8 Å². The molecule has 1 aliphatic carbocycles. The number of fused-ring (bicyclic) bond motifs is 1. The molecule has 4 heteroatoms. The van der Waals surface area contributed by atoms with Crippen LogP contribution in [0.4, 0.5) is 0 Å². The van der Waals surface area contributed by atoms with Crippen molar-refractivity contribution < 1.29 is 14.8 Å². The van der Waals surface area contributed by atoms with Gasteiger partial charge in [0, 0.05) is 0 Å². The average Bonchev–Trinajstić information content (AvgIpc) is 2.23. The van der Waals surface area contributed by atoms with Gasteiger partial charge in [0.15, 0.2) is 0 Å². The number of aliphatic hydroxyl groups excluding tert-OH is 2. The van der Waals surface area contributed by atoms with Gasteiger partial charge in [-0.2, -0.15) is 0 Å².